The van der Waals surface area contributed by atoms with Crippen LogP contribution in [0.25, 0.3) is 0 Å². The van der Waals surface area contributed by atoms with E-state index in [-0.39, 0.29) is 0 Å². The van der Waals surface area contributed by atoms with Crippen LogP contribution < -0.4 is 0 Å². The Labute approximate surface area is 126 Å². The van der Waals surface area contributed by atoms with Crippen molar-refractivity contribution < 1.29 is 0 Å². The van der Waals surface area contributed by atoms with Crippen LogP contribution in [0.5, 0.6) is 0 Å². The minimum Gasteiger partial charge on any atom is -0.0961 e. The van der Waals surface area contributed by atoms with Crippen molar-refractivity contribution in [2.45, 2.75) is 65.2 Å². The number of allylic oxidation sites excluding steroid dienone is 4. The molecule has 0 radical (unpaired) electrons. The van der Waals surface area contributed by atoms with E-state index in [0.717, 1.165) is 29.2 Å². The summed E-state index contributed by atoms with van der Waals surface area (Å²) < 4.78 is 0. The second-order valence-electron chi connectivity index (χ2n) is 7.39. The Morgan fingerprint density at radius 2 is 1.30 bits per heavy atom. The van der Waals surface area contributed by atoms with E-state index < -0.39 is 0 Å². The molecular weight excluding hydrogens is 240 g/mol. The van der Waals surface area contributed by atoms with Crippen molar-refractivity contribution in [1.29, 1.82) is 0 Å². The van der Waals surface area contributed by atoms with Gasteiger partial charge in [-0.3, -0.25) is 0 Å². The van der Waals surface area contributed by atoms with Gasteiger partial charge in [-0.2, -0.15) is 0 Å². The molecule has 0 aliphatic heterocycles. The summed E-state index contributed by atoms with van der Waals surface area (Å²) in [5, 5.41) is 0. The zero-order valence-corrected chi connectivity index (χ0v) is 13.5. The molecule has 0 unspecified atom stereocenters. The van der Waals surface area contributed by atoms with Crippen molar-refractivity contribution in [3.05, 3.63) is 36.5 Å². The van der Waals surface area contributed by atoms with E-state index in [4.69, 9.17) is 0 Å². The Hall–Kier alpha value is -0.780. The summed E-state index contributed by atoms with van der Waals surface area (Å²) in [7, 11) is 0. The van der Waals surface area contributed by atoms with E-state index in [1.54, 1.807) is 0 Å². The van der Waals surface area contributed by atoms with Crippen molar-refractivity contribution in [3.63, 3.8) is 0 Å². The summed E-state index contributed by atoms with van der Waals surface area (Å²) in [4.78, 5) is 0. The Kier molecular flexibility index (Phi) is 5.69. The Morgan fingerprint density at radius 3 is 1.80 bits per heavy atom. The first kappa shape index (κ1) is 15.6. The van der Waals surface area contributed by atoms with Gasteiger partial charge in [0.25, 0.3) is 0 Å². The van der Waals surface area contributed by atoms with Crippen molar-refractivity contribution in [2.24, 2.45) is 23.7 Å². The lowest BCUT2D eigenvalue weighted by Gasteiger charge is -2.37. The van der Waals surface area contributed by atoms with E-state index in [1.807, 2.05) is 6.92 Å². The van der Waals surface area contributed by atoms with Crippen molar-refractivity contribution in [2.75, 3.05) is 0 Å². The molecule has 2 rings (SSSR count). The molecule has 112 valence electrons. The molecule has 2 aliphatic rings. The van der Waals surface area contributed by atoms with Crippen LogP contribution in [0.15, 0.2) is 36.5 Å². The molecule has 0 heteroatoms. The Bertz CT molecular complexity index is 357. The van der Waals surface area contributed by atoms with Crippen LogP contribution in [0.3, 0.4) is 0 Å². The third-order valence-corrected chi connectivity index (χ3v) is 5.61. The van der Waals surface area contributed by atoms with Crippen molar-refractivity contribution >= 4 is 0 Å². The topological polar surface area (TPSA) is 0 Å². The summed E-state index contributed by atoms with van der Waals surface area (Å²) >= 11 is 0. The molecular formula is C20H32. The average Bonchev–Trinajstić information content (AvgIpc) is 2.46. The van der Waals surface area contributed by atoms with Crippen molar-refractivity contribution in [1.82, 2.24) is 0 Å². The lowest BCUT2D eigenvalue weighted by atomic mass is 9.68. The zero-order valence-electron chi connectivity index (χ0n) is 13.5. The van der Waals surface area contributed by atoms with E-state index in [0.29, 0.717) is 0 Å². The third kappa shape index (κ3) is 4.36. The van der Waals surface area contributed by atoms with E-state index in [1.165, 1.54) is 56.9 Å². The van der Waals surface area contributed by atoms with E-state index in [9.17, 15) is 0 Å². The molecule has 0 heterocycles. The monoisotopic (exact) mass is 272 g/mol. The SMILES string of the molecule is C=C(C)/C=C\C(=C)C1CCC(C2CCC(C)CC2)CC1. The normalized spacial score (nSPS) is 35.1. The van der Waals surface area contributed by atoms with Gasteiger partial charge in [0.1, 0.15) is 0 Å². The molecule has 2 aliphatic carbocycles. The van der Waals surface area contributed by atoms with Gasteiger partial charge in [-0.05, 0) is 69.1 Å². The standard InChI is InChI=1S/C20H32/c1-15(2)5-8-17(4)18-11-13-20(14-12-18)19-9-6-16(3)7-10-19/h5,8,16,18-20H,1,4,6-7,9-14H2,2-3H3/b8-5-. The van der Waals surface area contributed by atoms with Gasteiger partial charge in [-0.15, -0.1) is 0 Å². The highest BCUT2D eigenvalue weighted by Crippen LogP contribution is 2.42. The van der Waals surface area contributed by atoms with Gasteiger partial charge in [0, 0.05) is 0 Å². The number of rotatable bonds is 4. The van der Waals surface area contributed by atoms with Crippen LogP contribution in [0, 0.1) is 23.7 Å². The molecule has 0 atom stereocenters. The van der Waals surface area contributed by atoms with Gasteiger partial charge in [-0.25, -0.2) is 0 Å². The third-order valence-electron chi connectivity index (χ3n) is 5.61. The van der Waals surface area contributed by atoms with Crippen LogP contribution in [0.1, 0.15) is 65.2 Å². The fourth-order valence-corrected chi connectivity index (χ4v) is 4.10. The summed E-state index contributed by atoms with van der Waals surface area (Å²) in [5.41, 5.74) is 2.44. The maximum Gasteiger partial charge on any atom is -0.0168 e. The van der Waals surface area contributed by atoms with Crippen LogP contribution in [0.2, 0.25) is 0 Å². The molecule has 0 bridgehead atoms. The quantitative estimate of drug-likeness (QED) is 0.526. The van der Waals surface area contributed by atoms with Gasteiger partial charge in [0.15, 0.2) is 0 Å². The zero-order chi connectivity index (χ0) is 14.5. The molecule has 0 N–H and O–H groups in total. The second-order valence-corrected chi connectivity index (χ2v) is 7.39. The fraction of sp³-hybridized carbons (Fsp3) is 0.700. The molecule has 0 amide bonds. The molecule has 0 aromatic heterocycles. The molecule has 0 saturated heterocycles. The van der Waals surface area contributed by atoms with E-state index in [2.05, 4.69) is 32.2 Å². The van der Waals surface area contributed by atoms with Gasteiger partial charge < -0.3 is 0 Å². The van der Waals surface area contributed by atoms with Gasteiger partial charge in [-0.1, -0.05) is 56.2 Å². The van der Waals surface area contributed by atoms with Gasteiger partial charge in [0.05, 0.1) is 0 Å². The highest BCUT2D eigenvalue weighted by atomic mass is 14.4. The maximum absolute atomic E-state index is 4.27. The Balaban J connectivity index is 1.77. The minimum absolute atomic E-state index is 0.726. The first-order valence-corrected chi connectivity index (χ1v) is 8.58. The highest BCUT2D eigenvalue weighted by Gasteiger charge is 2.30. The van der Waals surface area contributed by atoms with E-state index >= 15 is 0 Å². The summed E-state index contributed by atoms with van der Waals surface area (Å²) in [6.07, 6.45) is 15.8. The number of hydrogen-bond acceptors (Lipinski definition) is 0. The summed E-state index contributed by atoms with van der Waals surface area (Å²) in [5.74, 6) is 3.75. The molecule has 0 spiro atoms. The Morgan fingerprint density at radius 1 is 0.800 bits per heavy atom. The maximum atomic E-state index is 4.27. The predicted molar refractivity (Wildman–Crippen MR) is 89.7 cm³/mol. The van der Waals surface area contributed by atoms with Crippen LogP contribution in [0.4, 0.5) is 0 Å². The molecule has 0 aromatic rings. The minimum atomic E-state index is 0.726. The molecule has 2 saturated carbocycles. The molecule has 0 aromatic carbocycles. The first-order chi connectivity index (χ1) is 9.56. The van der Waals surface area contributed by atoms with Gasteiger partial charge >= 0.3 is 0 Å². The van der Waals surface area contributed by atoms with Crippen LogP contribution in [-0.4, -0.2) is 0 Å². The lowest BCUT2D eigenvalue weighted by molar-refractivity contribution is 0.159. The number of hydrogen-bond donors (Lipinski definition) is 0. The smallest absolute Gasteiger partial charge is 0.0168 e. The fourth-order valence-electron chi connectivity index (χ4n) is 4.10. The highest BCUT2D eigenvalue weighted by molar-refractivity contribution is 5.25. The van der Waals surface area contributed by atoms with Crippen LogP contribution >= 0.6 is 0 Å². The molecule has 0 nitrogen and oxygen atoms in total. The summed E-state index contributed by atoms with van der Waals surface area (Å²) in [6.45, 7) is 12.7. The predicted octanol–water partition coefficient (Wildman–Crippen LogP) is 6.31. The largest absolute Gasteiger partial charge is 0.0961 e. The molecule has 20 heavy (non-hydrogen) atoms. The van der Waals surface area contributed by atoms with Crippen molar-refractivity contribution in [3.8, 4) is 0 Å². The summed E-state index contributed by atoms with van der Waals surface area (Å²) in [6, 6.07) is 0. The molecule has 2 fully saturated rings. The van der Waals surface area contributed by atoms with Crippen LogP contribution in [-0.2, 0) is 0 Å². The first-order valence-electron chi connectivity index (χ1n) is 8.58. The van der Waals surface area contributed by atoms with Gasteiger partial charge in [0.2, 0.25) is 0 Å². The lowest BCUT2D eigenvalue weighted by Crippen LogP contribution is -2.25. The second kappa shape index (κ2) is 7.29. The average molecular weight is 272 g/mol.